The van der Waals surface area contributed by atoms with Gasteiger partial charge in [0.1, 0.15) is 12.9 Å². The molecule has 0 spiro atoms. The zero-order valence-corrected chi connectivity index (χ0v) is 8.27. The van der Waals surface area contributed by atoms with Gasteiger partial charge in [-0.25, -0.2) is 9.67 Å². The van der Waals surface area contributed by atoms with E-state index in [0.29, 0.717) is 11.7 Å². The van der Waals surface area contributed by atoms with Crippen LogP contribution in [-0.4, -0.2) is 19.9 Å². The van der Waals surface area contributed by atoms with Crippen LogP contribution in [0.2, 0.25) is 0 Å². The van der Waals surface area contributed by atoms with Crippen LogP contribution in [0.4, 0.5) is 0 Å². The molecule has 0 saturated carbocycles. The van der Waals surface area contributed by atoms with Crippen molar-refractivity contribution in [2.45, 2.75) is 39.8 Å². The Kier molecular flexibility index (Phi) is 3.89. The number of hydrogen-bond donors (Lipinski definition) is 1. The lowest BCUT2D eigenvalue weighted by molar-refractivity contribution is 0.256. The van der Waals surface area contributed by atoms with Gasteiger partial charge in [-0.05, 0) is 5.92 Å². The van der Waals surface area contributed by atoms with E-state index in [9.17, 15) is 0 Å². The van der Waals surface area contributed by atoms with Crippen molar-refractivity contribution in [3.05, 3.63) is 12.2 Å². The van der Waals surface area contributed by atoms with Crippen LogP contribution in [0.5, 0.6) is 0 Å². The minimum Gasteiger partial charge on any atom is -0.388 e. The van der Waals surface area contributed by atoms with E-state index >= 15 is 0 Å². The summed E-state index contributed by atoms with van der Waals surface area (Å²) in [5.74, 6) is 1.29. The van der Waals surface area contributed by atoms with E-state index in [1.807, 2.05) is 0 Å². The van der Waals surface area contributed by atoms with Gasteiger partial charge in [0.25, 0.3) is 0 Å². The predicted molar refractivity (Wildman–Crippen MR) is 50.0 cm³/mol. The number of aromatic nitrogens is 3. The quantitative estimate of drug-likeness (QED) is 0.746. The number of aliphatic hydroxyl groups excluding tert-OH is 1. The lowest BCUT2D eigenvalue weighted by Crippen LogP contribution is -2.13. The van der Waals surface area contributed by atoms with E-state index in [4.69, 9.17) is 5.11 Å². The smallest absolute Gasteiger partial charge is 0.152 e. The van der Waals surface area contributed by atoms with Crippen LogP contribution in [0.1, 0.15) is 32.5 Å². The average Bonchev–Trinajstić information content (AvgIpc) is 2.61. The maximum atomic E-state index is 8.94. The largest absolute Gasteiger partial charge is 0.388 e. The molecule has 13 heavy (non-hydrogen) atoms. The van der Waals surface area contributed by atoms with Crippen LogP contribution in [-0.2, 0) is 13.2 Å². The topological polar surface area (TPSA) is 50.9 Å². The van der Waals surface area contributed by atoms with Crippen molar-refractivity contribution >= 4 is 0 Å². The summed E-state index contributed by atoms with van der Waals surface area (Å²) in [5.41, 5.74) is 0. The van der Waals surface area contributed by atoms with Crippen LogP contribution >= 0.6 is 0 Å². The molecule has 0 unspecified atom stereocenters. The zero-order chi connectivity index (χ0) is 9.68. The van der Waals surface area contributed by atoms with Gasteiger partial charge in [0.15, 0.2) is 5.82 Å². The number of nitrogens with zero attached hydrogens (tertiary/aromatic N) is 3. The third-order valence-electron chi connectivity index (χ3n) is 2.42. The minimum atomic E-state index is -0.0276. The van der Waals surface area contributed by atoms with E-state index in [2.05, 4.69) is 23.9 Å². The maximum absolute atomic E-state index is 8.94. The molecule has 0 atom stereocenters. The first-order valence-electron chi connectivity index (χ1n) is 4.79. The van der Waals surface area contributed by atoms with Gasteiger partial charge in [0.05, 0.1) is 0 Å². The highest BCUT2D eigenvalue weighted by Gasteiger charge is 2.08. The van der Waals surface area contributed by atoms with Crippen molar-refractivity contribution in [3.63, 3.8) is 0 Å². The summed E-state index contributed by atoms with van der Waals surface area (Å²) < 4.78 is 1.79. The molecule has 0 amide bonds. The summed E-state index contributed by atoms with van der Waals surface area (Å²) in [5, 5.41) is 13.0. The molecule has 1 N–H and O–H groups in total. The highest BCUT2D eigenvalue weighted by atomic mass is 16.3. The van der Waals surface area contributed by atoms with E-state index < -0.39 is 0 Å². The van der Waals surface area contributed by atoms with Gasteiger partial charge in [0.2, 0.25) is 0 Å². The molecule has 0 aliphatic carbocycles. The van der Waals surface area contributed by atoms with Crippen molar-refractivity contribution < 1.29 is 5.11 Å². The minimum absolute atomic E-state index is 0.0276. The van der Waals surface area contributed by atoms with Crippen molar-refractivity contribution in [1.29, 1.82) is 0 Å². The van der Waals surface area contributed by atoms with Crippen LogP contribution in [0.3, 0.4) is 0 Å². The Morgan fingerprint density at radius 3 is 2.69 bits per heavy atom. The van der Waals surface area contributed by atoms with Crippen molar-refractivity contribution in [1.82, 2.24) is 14.8 Å². The highest BCUT2D eigenvalue weighted by Crippen LogP contribution is 2.10. The van der Waals surface area contributed by atoms with Gasteiger partial charge < -0.3 is 5.11 Å². The van der Waals surface area contributed by atoms with Gasteiger partial charge in [-0.1, -0.05) is 26.7 Å². The van der Waals surface area contributed by atoms with Gasteiger partial charge in [-0.15, -0.1) is 0 Å². The summed E-state index contributed by atoms with van der Waals surface area (Å²) in [6.45, 7) is 5.18. The summed E-state index contributed by atoms with van der Waals surface area (Å²) >= 11 is 0. The Morgan fingerprint density at radius 2 is 2.15 bits per heavy atom. The summed E-state index contributed by atoms with van der Waals surface area (Å²) in [6.07, 6.45) is 3.77. The van der Waals surface area contributed by atoms with Crippen molar-refractivity contribution in [2.24, 2.45) is 5.92 Å². The fourth-order valence-electron chi connectivity index (χ4n) is 1.35. The van der Waals surface area contributed by atoms with E-state index in [0.717, 1.165) is 19.4 Å². The van der Waals surface area contributed by atoms with E-state index in [1.54, 1.807) is 4.68 Å². The lowest BCUT2D eigenvalue weighted by Gasteiger charge is -2.12. The Hall–Kier alpha value is -0.900. The molecular weight excluding hydrogens is 166 g/mol. The Balaban J connectivity index is 2.61. The normalized spacial score (nSPS) is 11.1. The molecule has 1 heterocycles. The predicted octanol–water partition coefficient (Wildman–Crippen LogP) is 1.21. The first-order valence-corrected chi connectivity index (χ1v) is 4.79. The summed E-state index contributed by atoms with van der Waals surface area (Å²) in [6, 6.07) is 0. The van der Waals surface area contributed by atoms with Crippen LogP contribution in [0.25, 0.3) is 0 Å². The second-order valence-corrected chi connectivity index (χ2v) is 3.20. The summed E-state index contributed by atoms with van der Waals surface area (Å²) in [4.78, 5) is 3.96. The molecule has 0 aliphatic heterocycles. The lowest BCUT2D eigenvalue weighted by atomic mass is 10.0. The van der Waals surface area contributed by atoms with Crippen LogP contribution in [0, 0.1) is 5.92 Å². The molecule has 0 aromatic carbocycles. The Morgan fingerprint density at radius 1 is 1.46 bits per heavy atom. The number of rotatable bonds is 5. The zero-order valence-electron chi connectivity index (χ0n) is 8.27. The molecule has 74 valence electrons. The Labute approximate surface area is 78.6 Å². The molecular formula is C9H17N3O. The summed E-state index contributed by atoms with van der Waals surface area (Å²) in [7, 11) is 0. The molecule has 0 aliphatic rings. The first kappa shape index (κ1) is 10.2. The van der Waals surface area contributed by atoms with Crippen LogP contribution < -0.4 is 0 Å². The molecule has 0 fully saturated rings. The molecule has 0 radical (unpaired) electrons. The maximum Gasteiger partial charge on any atom is 0.152 e. The molecule has 4 heteroatoms. The first-order chi connectivity index (χ1) is 6.31. The number of aliphatic hydroxyl groups is 1. The fourth-order valence-corrected chi connectivity index (χ4v) is 1.35. The van der Waals surface area contributed by atoms with Crippen molar-refractivity contribution in [2.75, 3.05) is 0 Å². The fraction of sp³-hybridized carbons (Fsp3) is 0.778. The average molecular weight is 183 g/mol. The third-order valence-corrected chi connectivity index (χ3v) is 2.42. The molecule has 1 aromatic rings. The highest BCUT2D eigenvalue weighted by molar-refractivity contribution is 4.81. The SMILES string of the molecule is CCC(CC)Cn1ncnc1CO. The van der Waals surface area contributed by atoms with Gasteiger partial charge in [0, 0.05) is 6.54 Å². The van der Waals surface area contributed by atoms with Gasteiger partial charge in [-0.3, -0.25) is 0 Å². The third kappa shape index (κ3) is 2.52. The standard InChI is InChI=1S/C9H17N3O/c1-3-8(4-2)5-12-9(6-13)10-7-11-12/h7-8,13H,3-6H2,1-2H3. The van der Waals surface area contributed by atoms with Crippen LogP contribution in [0.15, 0.2) is 6.33 Å². The second kappa shape index (κ2) is 4.97. The monoisotopic (exact) mass is 183 g/mol. The Bertz CT molecular complexity index is 243. The van der Waals surface area contributed by atoms with Crippen molar-refractivity contribution in [3.8, 4) is 0 Å². The number of hydrogen-bond acceptors (Lipinski definition) is 3. The molecule has 1 rings (SSSR count). The van der Waals surface area contributed by atoms with E-state index in [1.165, 1.54) is 6.33 Å². The van der Waals surface area contributed by atoms with E-state index in [-0.39, 0.29) is 6.61 Å². The molecule has 0 saturated heterocycles. The molecule has 4 nitrogen and oxygen atoms in total. The molecule has 1 aromatic heterocycles. The van der Waals surface area contributed by atoms with Gasteiger partial charge >= 0.3 is 0 Å². The second-order valence-electron chi connectivity index (χ2n) is 3.20. The van der Waals surface area contributed by atoms with Gasteiger partial charge in [-0.2, -0.15) is 5.10 Å². The molecule has 0 bridgehead atoms.